The fourth-order valence-corrected chi connectivity index (χ4v) is 1.18. The molecule has 0 amide bonds. The minimum absolute atomic E-state index is 0.407. The summed E-state index contributed by atoms with van der Waals surface area (Å²) in [5.41, 5.74) is 0.407. The molecule has 1 heterocycles. The van der Waals surface area contributed by atoms with Crippen molar-refractivity contribution < 1.29 is 0 Å². The van der Waals surface area contributed by atoms with Crippen LogP contribution in [0.4, 0.5) is 0 Å². The van der Waals surface area contributed by atoms with Crippen LogP contribution in [0, 0.1) is 5.41 Å². The summed E-state index contributed by atoms with van der Waals surface area (Å²) < 4.78 is 1.95. The molecule has 0 saturated heterocycles. The molecule has 0 radical (unpaired) electrons. The molecule has 14 heavy (non-hydrogen) atoms. The summed E-state index contributed by atoms with van der Waals surface area (Å²) in [7, 11) is 0. The molecule has 0 bridgehead atoms. The smallest absolute Gasteiger partial charge is 0.0533 e. The second kappa shape index (κ2) is 5.15. The van der Waals surface area contributed by atoms with Gasteiger partial charge in [0.25, 0.3) is 0 Å². The van der Waals surface area contributed by atoms with Gasteiger partial charge in [-0.2, -0.15) is 5.10 Å². The summed E-state index contributed by atoms with van der Waals surface area (Å²) in [6.07, 6.45) is 5.02. The van der Waals surface area contributed by atoms with Crippen LogP contribution in [0.5, 0.6) is 0 Å². The van der Waals surface area contributed by atoms with E-state index in [2.05, 4.69) is 31.2 Å². The van der Waals surface area contributed by atoms with E-state index in [0.29, 0.717) is 5.41 Å². The van der Waals surface area contributed by atoms with Crippen molar-refractivity contribution in [2.24, 2.45) is 5.41 Å². The van der Waals surface area contributed by atoms with Crippen molar-refractivity contribution in [3.8, 4) is 0 Å². The molecular weight excluding hydrogens is 174 g/mol. The highest BCUT2D eigenvalue weighted by Gasteiger charge is 2.13. The first-order valence-corrected chi connectivity index (χ1v) is 5.32. The van der Waals surface area contributed by atoms with Gasteiger partial charge in [-0.1, -0.05) is 20.8 Å². The lowest BCUT2D eigenvalue weighted by Gasteiger charge is -2.22. The van der Waals surface area contributed by atoms with Crippen LogP contribution < -0.4 is 5.32 Å². The maximum atomic E-state index is 4.15. The number of hydrogen-bond acceptors (Lipinski definition) is 2. The van der Waals surface area contributed by atoms with E-state index in [9.17, 15) is 0 Å². The molecule has 1 rings (SSSR count). The van der Waals surface area contributed by atoms with Crippen LogP contribution in [0.15, 0.2) is 18.5 Å². The zero-order valence-corrected chi connectivity index (χ0v) is 9.45. The van der Waals surface area contributed by atoms with Gasteiger partial charge < -0.3 is 5.32 Å². The number of hydrogen-bond donors (Lipinski definition) is 1. The van der Waals surface area contributed by atoms with Crippen LogP contribution in [-0.4, -0.2) is 22.9 Å². The molecule has 1 aromatic heterocycles. The van der Waals surface area contributed by atoms with Crippen molar-refractivity contribution in [3.05, 3.63) is 18.5 Å². The van der Waals surface area contributed by atoms with E-state index in [-0.39, 0.29) is 0 Å². The Kier molecular flexibility index (Phi) is 4.14. The predicted molar refractivity (Wildman–Crippen MR) is 59.2 cm³/mol. The normalized spacial score (nSPS) is 11.9. The first-order valence-electron chi connectivity index (χ1n) is 5.32. The third-order valence-electron chi connectivity index (χ3n) is 2.64. The summed E-state index contributed by atoms with van der Waals surface area (Å²) >= 11 is 0. The van der Waals surface area contributed by atoms with E-state index >= 15 is 0 Å². The third kappa shape index (κ3) is 3.92. The van der Waals surface area contributed by atoms with Gasteiger partial charge in [0.15, 0.2) is 0 Å². The number of rotatable bonds is 6. The molecule has 0 atom stereocenters. The van der Waals surface area contributed by atoms with Gasteiger partial charge in [-0.3, -0.25) is 4.68 Å². The molecule has 1 N–H and O–H groups in total. The molecule has 0 aliphatic heterocycles. The summed E-state index contributed by atoms with van der Waals surface area (Å²) in [5, 5.41) is 7.60. The minimum Gasteiger partial charge on any atom is -0.314 e. The first kappa shape index (κ1) is 11.2. The van der Waals surface area contributed by atoms with E-state index in [1.807, 2.05) is 23.1 Å². The standard InChI is InChI=1S/C11H21N3/c1-4-11(2,3)10-12-7-9-14-8-5-6-13-14/h5-6,8,12H,4,7,9-10H2,1-3H3. The van der Waals surface area contributed by atoms with Gasteiger partial charge in [0.05, 0.1) is 6.54 Å². The van der Waals surface area contributed by atoms with Crippen molar-refractivity contribution in [1.82, 2.24) is 15.1 Å². The quantitative estimate of drug-likeness (QED) is 0.703. The summed E-state index contributed by atoms with van der Waals surface area (Å²) in [4.78, 5) is 0. The monoisotopic (exact) mass is 195 g/mol. The van der Waals surface area contributed by atoms with Gasteiger partial charge in [-0.05, 0) is 17.9 Å². The zero-order valence-electron chi connectivity index (χ0n) is 9.45. The largest absolute Gasteiger partial charge is 0.314 e. The molecule has 0 aliphatic rings. The van der Waals surface area contributed by atoms with E-state index < -0.39 is 0 Å². The molecule has 0 aliphatic carbocycles. The van der Waals surface area contributed by atoms with Crippen molar-refractivity contribution in [2.45, 2.75) is 33.7 Å². The van der Waals surface area contributed by atoms with E-state index in [1.54, 1.807) is 0 Å². The highest BCUT2D eigenvalue weighted by molar-refractivity contribution is 4.78. The molecule has 0 spiro atoms. The van der Waals surface area contributed by atoms with Crippen molar-refractivity contribution in [1.29, 1.82) is 0 Å². The summed E-state index contributed by atoms with van der Waals surface area (Å²) in [6.45, 7) is 9.82. The Balaban J connectivity index is 2.11. The SMILES string of the molecule is CCC(C)(C)CNCCn1cccn1. The lowest BCUT2D eigenvalue weighted by atomic mass is 9.90. The van der Waals surface area contributed by atoms with Gasteiger partial charge in [0.1, 0.15) is 0 Å². The number of nitrogens with zero attached hydrogens (tertiary/aromatic N) is 2. The van der Waals surface area contributed by atoms with Crippen molar-refractivity contribution in [2.75, 3.05) is 13.1 Å². The average molecular weight is 195 g/mol. The third-order valence-corrected chi connectivity index (χ3v) is 2.64. The van der Waals surface area contributed by atoms with E-state index in [1.165, 1.54) is 6.42 Å². The fraction of sp³-hybridized carbons (Fsp3) is 0.727. The second-order valence-corrected chi connectivity index (χ2v) is 4.46. The van der Waals surface area contributed by atoms with E-state index in [0.717, 1.165) is 19.6 Å². The zero-order chi connectivity index (χ0) is 10.4. The van der Waals surface area contributed by atoms with Crippen LogP contribution in [-0.2, 0) is 6.54 Å². The van der Waals surface area contributed by atoms with Gasteiger partial charge in [-0.15, -0.1) is 0 Å². The molecule has 3 nitrogen and oxygen atoms in total. The molecule has 1 aromatic rings. The van der Waals surface area contributed by atoms with Crippen molar-refractivity contribution in [3.63, 3.8) is 0 Å². The average Bonchev–Trinajstić information content (AvgIpc) is 2.65. The predicted octanol–water partition coefficient (Wildman–Crippen LogP) is 1.91. The Hall–Kier alpha value is -0.830. The lowest BCUT2D eigenvalue weighted by molar-refractivity contribution is 0.325. The molecule has 3 heteroatoms. The molecule has 80 valence electrons. The summed E-state index contributed by atoms with van der Waals surface area (Å²) in [6, 6.07) is 1.95. The maximum Gasteiger partial charge on any atom is 0.0533 e. The van der Waals surface area contributed by atoms with Crippen LogP contribution >= 0.6 is 0 Å². The Morgan fingerprint density at radius 1 is 1.43 bits per heavy atom. The molecule has 0 fully saturated rings. The molecule has 0 aromatic carbocycles. The highest BCUT2D eigenvalue weighted by atomic mass is 15.3. The van der Waals surface area contributed by atoms with Gasteiger partial charge in [0.2, 0.25) is 0 Å². The van der Waals surface area contributed by atoms with Gasteiger partial charge >= 0.3 is 0 Å². The van der Waals surface area contributed by atoms with Crippen molar-refractivity contribution >= 4 is 0 Å². The number of nitrogens with one attached hydrogen (secondary N) is 1. The second-order valence-electron chi connectivity index (χ2n) is 4.46. The van der Waals surface area contributed by atoms with Crippen LogP contribution in [0.25, 0.3) is 0 Å². The Bertz CT molecular complexity index is 239. The van der Waals surface area contributed by atoms with Crippen LogP contribution in [0.3, 0.4) is 0 Å². The van der Waals surface area contributed by atoms with E-state index in [4.69, 9.17) is 0 Å². The van der Waals surface area contributed by atoms with Crippen LogP contribution in [0.1, 0.15) is 27.2 Å². The Morgan fingerprint density at radius 3 is 2.79 bits per heavy atom. The topological polar surface area (TPSA) is 29.9 Å². The Morgan fingerprint density at radius 2 is 2.21 bits per heavy atom. The number of aromatic nitrogens is 2. The Labute approximate surface area is 86.5 Å². The maximum absolute atomic E-state index is 4.15. The first-order chi connectivity index (χ1) is 6.64. The minimum atomic E-state index is 0.407. The van der Waals surface area contributed by atoms with Gasteiger partial charge in [-0.25, -0.2) is 0 Å². The highest BCUT2D eigenvalue weighted by Crippen LogP contribution is 2.17. The summed E-state index contributed by atoms with van der Waals surface area (Å²) in [5.74, 6) is 0. The molecular formula is C11H21N3. The lowest BCUT2D eigenvalue weighted by Crippen LogP contribution is -2.31. The van der Waals surface area contributed by atoms with Crippen LogP contribution in [0.2, 0.25) is 0 Å². The molecule has 0 unspecified atom stereocenters. The van der Waals surface area contributed by atoms with Gasteiger partial charge in [0, 0.05) is 25.5 Å². The molecule has 0 saturated carbocycles. The fourth-order valence-electron chi connectivity index (χ4n) is 1.18.